The number of allylic oxidation sites excluding steroid dienone is 1. The van der Waals surface area contributed by atoms with E-state index in [1.807, 2.05) is 0 Å². The van der Waals surface area contributed by atoms with Gasteiger partial charge in [0.15, 0.2) is 9.04 Å². The Bertz CT molecular complexity index is 755. The Morgan fingerprint density at radius 3 is 2.56 bits per heavy atom. The fourth-order valence-electron chi connectivity index (χ4n) is 8.15. The summed E-state index contributed by atoms with van der Waals surface area (Å²) in [6, 6.07) is 0. The van der Waals surface area contributed by atoms with Crippen molar-refractivity contribution in [1.29, 1.82) is 0 Å². The standard InChI is InChI=1S/C27H46O4Si/c1-17(28)30-16-27-18(14-19(25(2,3)4)15-24(27)31-32(6)7)8-9-20-21-10-11-23(29)26(21,5)13-12-22(20)27/h8,19-24,29,32H,9-16H2,1-7H3/t19?,20-,21-,22-,23-,24?,26-,27-/m0/s1. The fraction of sp³-hybridized carbons (Fsp3) is 0.889. The van der Waals surface area contributed by atoms with E-state index in [1.165, 1.54) is 5.57 Å². The molecule has 4 aliphatic rings. The second kappa shape index (κ2) is 8.53. The van der Waals surface area contributed by atoms with Gasteiger partial charge in [0.05, 0.1) is 17.6 Å². The van der Waals surface area contributed by atoms with Crippen LogP contribution in [0, 0.1) is 39.9 Å². The number of ether oxygens (including phenoxy) is 1. The number of carbonyl (C=O) groups excluding carboxylic acids is 1. The van der Waals surface area contributed by atoms with E-state index in [2.05, 4.69) is 46.9 Å². The summed E-state index contributed by atoms with van der Waals surface area (Å²) in [6.45, 7) is 16.0. The van der Waals surface area contributed by atoms with Crippen LogP contribution in [-0.4, -0.2) is 38.9 Å². The third kappa shape index (κ3) is 3.94. The van der Waals surface area contributed by atoms with E-state index in [0.29, 0.717) is 30.3 Å². The molecule has 2 unspecified atom stereocenters. The maximum atomic E-state index is 12.0. The molecule has 0 spiro atoms. The molecule has 0 heterocycles. The van der Waals surface area contributed by atoms with Crippen molar-refractivity contribution in [3.8, 4) is 0 Å². The number of rotatable bonds is 4. The number of aliphatic hydroxyl groups is 1. The molecule has 3 saturated carbocycles. The third-order valence-electron chi connectivity index (χ3n) is 10.00. The van der Waals surface area contributed by atoms with E-state index in [1.54, 1.807) is 6.92 Å². The first-order valence-corrected chi connectivity index (χ1v) is 15.8. The van der Waals surface area contributed by atoms with E-state index in [-0.39, 0.29) is 34.4 Å². The molecular formula is C27H46O4Si. The van der Waals surface area contributed by atoms with Crippen LogP contribution < -0.4 is 0 Å². The molecule has 0 saturated heterocycles. The van der Waals surface area contributed by atoms with Crippen LogP contribution in [0.15, 0.2) is 11.6 Å². The molecule has 0 aliphatic heterocycles. The number of aliphatic hydroxyl groups excluding tert-OH is 1. The van der Waals surface area contributed by atoms with Crippen molar-refractivity contribution in [1.82, 2.24) is 0 Å². The first kappa shape index (κ1) is 24.5. The molecule has 0 bridgehead atoms. The summed E-state index contributed by atoms with van der Waals surface area (Å²) in [4.78, 5) is 12.0. The topological polar surface area (TPSA) is 55.8 Å². The zero-order valence-corrected chi connectivity index (χ0v) is 22.6. The first-order chi connectivity index (χ1) is 14.9. The molecule has 4 rings (SSSR count). The SMILES string of the molecule is CC(=O)OC[C@]12C(=CC[C@H]3[C@@H]4CC[C@H](O)[C@@]4(C)CC[C@@H]31)CC(C(C)(C)C)CC2O[SiH](C)C. The third-order valence-corrected chi connectivity index (χ3v) is 10.9. The summed E-state index contributed by atoms with van der Waals surface area (Å²) in [5.74, 6) is 1.98. The summed E-state index contributed by atoms with van der Waals surface area (Å²) < 4.78 is 12.8. The van der Waals surface area contributed by atoms with Crippen LogP contribution in [0.1, 0.15) is 79.6 Å². The molecule has 4 aliphatic carbocycles. The summed E-state index contributed by atoms with van der Waals surface area (Å²) in [5, 5.41) is 10.8. The zero-order chi connectivity index (χ0) is 23.5. The van der Waals surface area contributed by atoms with Gasteiger partial charge in [-0.2, -0.15) is 0 Å². The Kier molecular flexibility index (Phi) is 6.52. The minimum atomic E-state index is -1.29. The number of fused-ring (bicyclic) bond motifs is 5. The van der Waals surface area contributed by atoms with E-state index in [0.717, 1.165) is 44.9 Å². The minimum Gasteiger partial charge on any atom is -0.465 e. The highest BCUT2D eigenvalue weighted by molar-refractivity contribution is 6.48. The first-order valence-electron chi connectivity index (χ1n) is 13.1. The summed E-state index contributed by atoms with van der Waals surface area (Å²) in [6.07, 6.45) is 9.98. The number of carbonyl (C=O) groups is 1. The summed E-state index contributed by atoms with van der Waals surface area (Å²) in [5.41, 5.74) is 1.59. The fourth-order valence-corrected chi connectivity index (χ4v) is 9.16. The van der Waals surface area contributed by atoms with Crippen LogP contribution in [0.5, 0.6) is 0 Å². The summed E-state index contributed by atoms with van der Waals surface area (Å²) >= 11 is 0. The van der Waals surface area contributed by atoms with Gasteiger partial charge < -0.3 is 14.3 Å². The van der Waals surface area contributed by atoms with Gasteiger partial charge in [0.2, 0.25) is 0 Å². The molecule has 0 aromatic heterocycles. The van der Waals surface area contributed by atoms with Gasteiger partial charge in [-0.1, -0.05) is 39.3 Å². The van der Waals surface area contributed by atoms with Gasteiger partial charge in [0.1, 0.15) is 6.61 Å². The largest absolute Gasteiger partial charge is 0.465 e. The van der Waals surface area contributed by atoms with Crippen molar-refractivity contribution in [2.45, 2.75) is 105 Å². The van der Waals surface area contributed by atoms with Gasteiger partial charge in [-0.25, -0.2) is 0 Å². The van der Waals surface area contributed by atoms with Crippen molar-refractivity contribution in [3.05, 3.63) is 11.6 Å². The van der Waals surface area contributed by atoms with Gasteiger partial charge in [0.25, 0.3) is 0 Å². The highest BCUT2D eigenvalue weighted by Crippen LogP contribution is 2.66. The summed E-state index contributed by atoms with van der Waals surface area (Å²) in [7, 11) is -1.29. The second-order valence-corrected chi connectivity index (χ2v) is 15.3. The van der Waals surface area contributed by atoms with E-state index in [9.17, 15) is 9.90 Å². The molecule has 1 N–H and O–H groups in total. The maximum Gasteiger partial charge on any atom is 0.302 e. The normalized spacial score (nSPS) is 43.8. The Morgan fingerprint density at radius 1 is 1.22 bits per heavy atom. The van der Waals surface area contributed by atoms with Crippen molar-refractivity contribution >= 4 is 15.0 Å². The molecule has 4 nitrogen and oxygen atoms in total. The Labute approximate surface area is 197 Å². The molecule has 8 atom stereocenters. The quantitative estimate of drug-likeness (QED) is 0.341. The molecule has 32 heavy (non-hydrogen) atoms. The lowest BCUT2D eigenvalue weighted by Gasteiger charge is -2.61. The Hall–Kier alpha value is -0.653. The van der Waals surface area contributed by atoms with Crippen molar-refractivity contribution in [3.63, 3.8) is 0 Å². The molecule has 0 radical (unpaired) electrons. The maximum absolute atomic E-state index is 12.0. The predicted octanol–water partition coefficient (Wildman–Crippen LogP) is 5.49. The molecule has 0 amide bonds. The van der Waals surface area contributed by atoms with Crippen LogP contribution in [0.25, 0.3) is 0 Å². The van der Waals surface area contributed by atoms with Crippen LogP contribution in [0.2, 0.25) is 13.1 Å². The average Bonchev–Trinajstić information content (AvgIpc) is 3.00. The second-order valence-electron chi connectivity index (χ2n) is 13.0. The molecule has 0 aromatic carbocycles. The van der Waals surface area contributed by atoms with Gasteiger partial charge in [0, 0.05) is 6.92 Å². The van der Waals surface area contributed by atoms with Crippen LogP contribution in [0.3, 0.4) is 0 Å². The number of esters is 1. The lowest BCUT2D eigenvalue weighted by atomic mass is 9.45. The van der Waals surface area contributed by atoms with Crippen molar-refractivity contribution < 1.29 is 19.1 Å². The highest BCUT2D eigenvalue weighted by Gasteiger charge is 2.63. The van der Waals surface area contributed by atoms with E-state index < -0.39 is 9.04 Å². The molecule has 0 aromatic rings. The van der Waals surface area contributed by atoms with Crippen LogP contribution in [-0.2, 0) is 14.0 Å². The van der Waals surface area contributed by atoms with Crippen LogP contribution in [0.4, 0.5) is 0 Å². The van der Waals surface area contributed by atoms with Gasteiger partial charge in [-0.05, 0) is 92.5 Å². The number of hydrogen-bond donors (Lipinski definition) is 1. The minimum absolute atomic E-state index is 0.0426. The van der Waals surface area contributed by atoms with Crippen molar-refractivity contribution in [2.24, 2.45) is 39.9 Å². The molecule has 182 valence electrons. The van der Waals surface area contributed by atoms with Crippen molar-refractivity contribution in [2.75, 3.05) is 6.61 Å². The average molecular weight is 463 g/mol. The van der Waals surface area contributed by atoms with Gasteiger partial charge in [-0.15, -0.1) is 0 Å². The lowest BCUT2D eigenvalue weighted by Crippen LogP contribution is -2.60. The van der Waals surface area contributed by atoms with Gasteiger partial charge in [-0.3, -0.25) is 4.79 Å². The molecule has 3 fully saturated rings. The van der Waals surface area contributed by atoms with Gasteiger partial charge >= 0.3 is 5.97 Å². The van der Waals surface area contributed by atoms with Crippen LogP contribution >= 0.6 is 0 Å². The lowest BCUT2D eigenvalue weighted by molar-refractivity contribution is -0.161. The number of hydrogen-bond acceptors (Lipinski definition) is 4. The monoisotopic (exact) mass is 462 g/mol. The highest BCUT2D eigenvalue weighted by atomic mass is 28.3. The Balaban J connectivity index is 1.78. The molecule has 5 heteroatoms. The van der Waals surface area contributed by atoms with E-state index >= 15 is 0 Å². The Morgan fingerprint density at radius 2 is 1.94 bits per heavy atom. The smallest absolute Gasteiger partial charge is 0.302 e. The zero-order valence-electron chi connectivity index (χ0n) is 21.4. The predicted molar refractivity (Wildman–Crippen MR) is 131 cm³/mol. The van der Waals surface area contributed by atoms with E-state index in [4.69, 9.17) is 9.16 Å². The molecular weight excluding hydrogens is 416 g/mol.